The summed E-state index contributed by atoms with van der Waals surface area (Å²) in [5.74, 6) is -0.301. The molecule has 0 aliphatic heterocycles. The van der Waals surface area contributed by atoms with Crippen LogP contribution in [0.3, 0.4) is 0 Å². The zero-order valence-electron chi connectivity index (χ0n) is 11.9. The Labute approximate surface area is 116 Å². The number of likely N-dealkylation sites (N-methyl/N-ethyl adjacent to an activating group) is 1. The first kappa shape index (κ1) is 15.6. The number of nitrogens with one attached hydrogen (secondary N) is 1. The maximum Gasteiger partial charge on any atom is 0.332 e. The van der Waals surface area contributed by atoms with Crippen LogP contribution in [0.15, 0.2) is 0 Å². The fourth-order valence-electron chi connectivity index (χ4n) is 1.71. The predicted molar refractivity (Wildman–Crippen MR) is 74.4 cm³/mol. The van der Waals surface area contributed by atoms with E-state index in [-0.39, 0.29) is 41.6 Å². The summed E-state index contributed by atoms with van der Waals surface area (Å²) in [5.41, 5.74) is 5.42. The number of carbonyl (C=O) groups excluding carboxylic acids is 1. The molecule has 9 heteroatoms. The second-order valence-electron chi connectivity index (χ2n) is 4.67. The van der Waals surface area contributed by atoms with Crippen molar-refractivity contribution in [1.82, 2.24) is 15.3 Å². The lowest BCUT2D eigenvalue weighted by Crippen LogP contribution is -2.39. The molecule has 0 radical (unpaired) electrons. The van der Waals surface area contributed by atoms with Crippen LogP contribution in [0, 0.1) is 17.0 Å². The van der Waals surface area contributed by atoms with Crippen LogP contribution in [0.4, 0.5) is 17.5 Å². The van der Waals surface area contributed by atoms with Crippen LogP contribution in [0.5, 0.6) is 0 Å². The van der Waals surface area contributed by atoms with E-state index < -0.39 is 4.92 Å². The van der Waals surface area contributed by atoms with Crippen LogP contribution < -0.4 is 16.0 Å². The number of rotatable bonds is 5. The van der Waals surface area contributed by atoms with Gasteiger partial charge in [-0.05, 0) is 20.8 Å². The van der Waals surface area contributed by atoms with Gasteiger partial charge >= 0.3 is 5.69 Å². The smallest absolute Gasteiger partial charge is 0.332 e. The van der Waals surface area contributed by atoms with Gasteiger partial charge in [0, 0.05) is 13.1 Å². The Bertz CT molecular complexity index is 531. The van der Waals surface area contributed by atoms with Gasteiger partial charge in [-0.1, -0.05) is 0 Å². The molecule has 0 spiro atoms. The lowest BCUT2D eigenvalue weighted by Gasteiger charge is -2.19. The molecule has 0 aromatic carbocycles. The van der Waals surface area contributed by atoms with E-state index >= 15 is 0 Å². The number of nitrogens with zero attached hydrogens (tertiary/aromatic N) is 4. The predicted octanol–water partition coefficient (Wildman–Crippen LogP) is 0.236. The third-order valence-corrected chi connectivity index (χ3v) is 2.43. The van der Waals surface area contributed by atoms with Gasteiger partial charge in [-0.15, -0.1) is 0 Å². The molecule has 1 aromatic rings. The number of nitro groups is 1. The van der Waals surface area contributed by atoms with Crippen molar-refractivity contribution in [3.8, 4) is 0 Å². The zero-order valence-corrected chi connectivity index (χ0v) is 11.9. The molecule has 110 valence electrons. The Hall–Kier alpha value is -2.45. The first-order chi connectivity index (χ1) is 9.22. The molecule has 0 aliphatic rings. The van der Waals surface area contributed by atoms with Crippen LogP contribution in [0.1, 0.15) is 19.5 Å². The summed E-state index contributed by atoms with van der Waals surface area (Å²) in [7, 11) is 1.54. The lowest BCUT2D eigenvalue weighted by molar-refractivity contribution is -0.385. The van der Waals surface area contributed by atoms with Gasteiger partial charge in [0.25, 0.3) is 0 Å². The lowest BCUT2D eigenvalue weighted by atomic mass is 10.3. The fraction of sp³-hybridized carbons (Fsp3) is 0.545. The van der Waals surface area contributed by atoms with E-state index in [0.717, 1.165) is 0 Å². The van der Waals surface area contributed by atoms with Gasteiger partial charge in [-0.25, -0.2) is 4.98 Å². The molecule has 0 saturated carbocycles. The minimum absolute atomic E-state index is 0.0110. The number of anilines is 2. The average molecular weight is 282 g/mol. The second-order valence-corrected chi connectivity index (χ2v) is 4.67. The van der Waals surface area contributed by atoms with Crippen molar-refractivity contribution in [2.75, 3.05) is 24.2 Å². The highest BCUT2D eigenvalue weighted by Gasteiger charge is 2.25. The molecular weight excluding hydrogens is 264 g/mol. The van der Waals surface area contributed by atoms with Crippen LogP contribution in [0.2, 0.25) is 0 Å². The molecule has 1 amide bonds. The summed E-state index contributed by atoms with van der Waals surface area (Å²) in [4.78, 5) is 31.2. The molecule has 9 nitrogen and oxygen atoms in total. The molecule has 3 N–H and O–H groups in total. The molecule has 0 fully saturated rings. The topological polar surface area (TPSA) is 127 Å². The van der Waals surface area contributed by atoms with Crippen molar-refractivity contribution >= 4 is 23.4 Å². The first-order valence-corrected chi connectivity index (χ1v) is 6.01. The van der Waals surface area contributed by atoms with Gasteiger partial charge in [0.2, 0.25) is 17.7 Å². The van der Waals surface area contributed by atoms with E-state index in [4.69, 9.17) is 5.73 Å². The molecule has 0 unspecified atom stereocenters. The van der Waals surface area contributed by atoms with Gasteiger partial charge in [0.15, 0.2) is 0 Å². The molecule has 1 rings (SSSR count). The summed E-state index contributed by atoms with van der Waals surface area (Å²) < 4.78 is 0. The van der Waals surface area contributed by atoms with Crippen LogP contribution in [-0.2, 0) is 4.79 Å². The Balaban J connectivity index is 3.06. The maximum atomic E-state index is 11.7. The number of aromatic nitrogens is 2. The Morgan fingerprint density at radius 2 is 2.10 bits per heavy atom. The number of nitrogen functional groups attached to an aromatic ring is 1. The number of carbonyl (C=O) groups is 1. The number of amides is 1. The Kier molecular flexibility index (Phi) is 4.78. The van der Waals surface area contributed by atoms with Crippen molar-refractivity contribution in [3.05, 3.63) is 15.8 Å². The van der Waals surface area contributed by atoms with Crippen LogP contribution >= 0.6 is 0 Å². The normalized spacial score (nSPS) is 10.4. The number of nitrogens with two attached hydrogens (primary N) is 1. The van der Waals surface area contributed by atoms with E-state index in [1.165, 1.54) is 18.9 Å². The molecule has 0 saturated heterocycles. The molecule has 1 heterocycles. The van der Waals surface area contributed by atoms with E-state index in [2.05, 4.69) is 15.3 Å². The Morgan fingerprint density at radius 1 is 1.50 bits per heavy atom. The largest absolute Gasteiger partial charge is 0.368 e. The van der Waals surface area contributed by atoms with Crippen molar-refractivity contribution in [1.29, 1.82) is 0 Å². The maximum absolute atomic E-state index is 11.7. The monoisotopic (exact) mass is 282 g/mol. The third kappa shape index (κ3) is 3.77. The molecule has 0 bridgehead atoms. The SMILES string of the molecule is Cc1nc(N)nc(N(C)CC(=O)NC(C)C)c1[N+](=O)[O-]. The van der Waals surface area contributed by atoms with E-state index in [9.17, 15) is 14.9 Å². The highest BCUT2D eigenvalue weighted by atomic mass is 16.6. The van der Waals surface area contributed by atoms with Gasteiger partial charge in [0.05, 0.1) is 11.5 Å². The molecule has 1 aromatic heterocycles. The highest BCUT2D eigenvalue weighted by molar-refractivity contribution is 5.82. The number of hydrogen-bond donors (Lipinski definition) is 2. The minimum atomic E-state index is -0.582. The highest BCUT2D eigenvalue weighted by Crippen LogP contribution is 2.28. The van der Waals surface area contributed by atoms with Gasteiger partial charge in [-0.3, -0.25) is 14.9 Å². The van der Waals surface area contributed by atoms with Crippen molar-refractivity contribution in [3.63, 3.8) is 0 Å². The van der Waals surface area contributed by atoms with Crippen LogP contribution in [-0.4, -0.2) is 40.4 Å². The summed E-state index contributed by atoms with van der Waals surface area (Å²) in [6, 6.07) is -0.0110. The van der Waals surface area contributed by atoms with E-state index in [1.807, 2.05) is 13.8 Å². The van der Waals surface area contributed by atoms with E-state index in [1.54, 1.807) is 0 Å². The van der Waals surface area contributed by atoms with Crippen molar-refractivity contribution in [2.45, 2.75) is 26.8 Å². The van der Waals surface area contributed by atoms with Crippen molar-refractivity contribution in [2.24, 2.45) is 0 Å². The van der Waals surface area contributed by atoms with Gasteiger partial charge < -0.3 is 16.0 Å². The van der Waals surface area contributed by atoms with Crippen molar-refractivity contribution < 1.29 is 9.72 Å². The standard InChI is InChI=1S/C11H18N6O3/c1-6(2)13-8(18)5-16(4)10-9(17(19)20)7(3)14-11(12)15-10/h6H,5H2,1-4H3,(H,13,18)(H2,12,14,15). The zero-order chi connectivity index (χ0) is 15.4. The summed E-state index contributed by atoms with van der Waals surface area (Å²) in [6.07, 6.45) is 0. The fourth-order valence-corrected chi connectivity index (χ4v) is 1.71. The number of hydrogen-bond acceptors (Lipinski definition) is 7. The second kappa shape index (κ2) is 6.13. The summed E-state index contributed by atoms with van der Waals surface area (Å²) in [6.45, 7) is 5.07. The summed E-state index contributed by atoms with van der Waals surface area (Å²) >= 11 is 0. The summed E-state index contributed by atoms with van der Waals surface area (Å²) in [5, 5.41) is 13.8. The van der Waals surface area contributed by atoms with Gasteiger partial charge in [-0.2, -0.15) is 4.98 Å². The minimum Gasteiger partial charge on any atom is -0.368 e. The van der Waals surface area contributed by atoms with Gasteiger partial charge in [0.1, 0.15) is 5.69 Å². The molecule has 20 heavy (non-hydrogen) atoms. The third-order valence-electron chi connectivity index (χ3n) is 2.43. The van der Waals surface area contributed by atoms with E-state index in [0.29, 0.717) is 0 Å². The molecule has 0 aliphatic carbocycles. The molecular formula is C11H18N6O3. The van der Waals surface area contributed by atoms with Crippen LogP contribution in [0.25, 0.3) is 0 Å². The Morgan fingerprint density at radius 3 is 2.60 bits per heavy atom. The average Bonchev–Trinajstić information content (AvgIpc) is 2.25. The number of aryl methyl sites for hydroxylation is 1. The molecule has 0 atom stereocenters. The first-order valence-electron chi connectivity index (χ1n) is 6.01. The quantitative estimate of drug-likeness (QED) is 0.584.